The molecule has 3 aliphatic rings. The van der Waals surface area contributed by atoms with E-state index in [9.17, 15) is 14.7 Å². The quantitative estimate of drug-likeness (QED) is 0.446. The minimum atomic E-state index is -0.509. The number of aliphatic hydroxyl groups is 1. The number of hydrogen-bond donors (Lipinski definition) is 1. The van der Waals surface area contributed by atoms with Crippen molar-refractivity contribution in [1.29, 1.82) is 0 Å². The smallest absolute Gasteiger partial charge is 0.233 e. The first-order valence-corrected chi connectivity index (χ1v) is 8.55. The zero-order valence-corrected chi connectivity index (χ0v) is 14.7. The maximum atomic E-state index is 12.9. The standard InChI is InChI=1S/C20H26O3/c1-11(2)14-16(21)12-7-8-13-19(3,4)9-6-10-20(13,5)15(12)18(23)17(14)22/h6,9,11,13,21H,7-8,10H2,1-5H3. The van der Waals surface area contributed by atoms with Gasteiger partial charge in [0.1, 0.15) is 5.76 Å². The van der Waals surface area contributed by atoms with E-state index >= 15 is 0 Å². The highest BCUT2D eigenvalue weighted by atomic mass is 16.3. The second kappa shape index (κ2) is 4.93. The van der Waals surface area contributed by atoms with Crippen LogP contribution < -0.4 is 0 Å². The molecule has 1 N–H and O–H groups in total. The maximum Gasteiger partial charge on any atom is 0.233 e. The summed E-state index contributed by atoms with van der Waals surface area (Å²) in [6.07, 6.45) is 6.72. The van der Waals surface area contributed by atoms with Crippen LogP contribution >= 0.6 is 0 Å². The molecule has 0 spiro atoms. The van der Waals surface area contributed by atoms with Gasteiger partial charge in [0.25, 0.3) is 0 Å². The molecule has 0 aliphatic heterocycles. The van der Waals surface area contributed by atoms with E-state index < -0.39 is 5.78 Å². The minimum absolute atomic E-state index is 0.00742. The van der Waals surface area contributed by atoms with Crippen molar-refractivity contribution in [3.8, 4) is 0 Å². The molecule has 2 unspecified atom stereocenters. The van der Waals surface area contributed by atoms with Crippen molar-refractivity contribution in [3.63, 3.8) is 0 Å². The number of carbonyl (C=O) groups excluding carboxylic acids is 2. The van der Waals surface area contributed by atoms with Crippen molar-refractivity contribution in [2.24, 2.45) is 22.7 Å². The van der Waals surface area contributed by atoms with Crippen molar-refractivity contribution < 1.29 is 14.7 Å². The fraction of sp³-hybridized carbons (Fsp3) is 0.600. The van der Waals surface area contributed by atoms with Crippen LogP contribution in [0, 0.1) is 22.7 Å². The lowest BCUT2D eigenvalue weighted by Crippen LogP contribution is -2.48. The molecule has 0 heterocycles. The SMILES string of the molecule is CC(C)C1=C(O)C2=C(C(=O)C1=O)C1(C)CC=CC(C)(C)C1CC2. The van der Waals surface area contributed by atoms with Crippen LogP contribution in [0.3, 0.4) is 0 Å². The first-order chi connectivity index (χ1) is 10.6. The first kappa shape index (κ1) is 16.2. The summed E-state index contributed by atoms with van der Waals surface area (Å²) >= 11 is 0. The normalized spacial score (nSPS) is 33.2. The molecule has 2 atom stereocenters. The summed E-state index contributed by atoms with van der Waals surface area (Å²) in [5, 5.41) is 10.7. The Morgan fingerprint density at radius 2 is 1.83 bits per heavy atom. The van der Waals surface area contributed by atoms with E-state index in [1.165, 1.54) is 0 Å². The fourth-order valence-electron chi connectivity index (χ4n) is 5.09. The maximum absolute atomic E-state index is 12.9. The van der Waals surface area contributed by atoms with Crippen molar-refractivity contribution >= 4 is 11.6 Å². The molecule has 124 valence electrons. The number of hydrogen-bond acceptors (Lipinski definition) is 3. The molecule has 0 aromatic carbocycles. The van der Waals surface area contributed by atoms with E-state index in [4.69, 9.17) is 0 Å². The van der Waals surface area contributed by atoms with E-state index in [-0.39, 0.29) is 28.3 Å². The Balaban J connectivity index is 2.24. The summed E-state index contributed by atoms with van der Waals surface area (Å²) in [5.41, 5.74) is 1.23. The van der Waals surface area contributed by atoms with Crippen molar-refractivity contribution in [2.45, 2.75) is 53.9 Å². The lowest BCUT2D eigenvalue weighted by molar-refractivity contribution is -0.134. The lowest BCUT2D eigenvalue weighted by atomic mass is 9.50. The summed E-state index contributed by atoms with van der Waals surface area (Å²) in [6, 6.07) is 0. The summed E-state index contributed by atoms with van der Waals surface area (Å²) in [4.78, 5) is 25.5. The topological polar surface area (TPSA) is 54.4 Å². The summed E-state index contributed by atoms with van der Waals surface area (Å²) in [6.45, 7) is 10.2. The molecule has 3 nitrogen and oxygen atoms in total. The molecular weight excluding hydrogens is 288 g/mol. The molecule has 3 aliphatic carbocycles. The zero-order valence-electron chi connectivity index (χ0n) is 14.7. The third kappa shape index (κ3) is 2.09. The average Bonchev–Trinajstić information content (AvgIpc) is 2.43. The van der Waals surface area contributed by atoms with Crippen LogP contribution in [0.25, 0.3) is 0 Å². The molecule has 0 saturated carbocycles. The van der Waals surface area contributed by atoms with Gasteiger partial charge < -0.3 is 5.11 Å². The van der Waals surface area contributed by atoms with Crippen LogP contribution in [-0.4, -0.2) is 16.7 Å². The summed E-state index contributed by atoms with van der Waals surface area (Å²) < 4.78 is 0. The third-order valence-corrected chi connectivity index (χ3v) is 6.11. The van der Waals surface area contributed by atoms with Crippen LogP contribution in [0.1, 0.15) is 53.9 Å². The number of allylic oxidation sites excluding steroid dienone is 5. The van der Waals surface area contributed by atoms with Crippen molar-refractivity contribution in [1.82, 2.24) is 0 Å². The Morgan fingerprint density at radius 1 is 1.17 bits per heavy atom. The van der Waals surface area contributed by atoms with E-state index in [0.717, 1.165) is 18.4 Å². The number of fused-ring (bicyclic) bond motifs is 2. The second-order valence-corrected chi connectivity index (χ2v) is 8.37. The van der Waals surface area contributed by atoms with E-state index in [0.29, 0.717) is 23.5 Å². The van der Waals surface area contributed by atoms with Gasteiger partial charge in [-0.1, -0.05) is 46.8 Å². The number of aliphatic hydroxyl groups excluding tert-OH is 1. The Morgan fingerprint density at radius 3 is 2.43 bits per heavy atom. The van der Waals surface area contributed by atoms with Gasteiger partial charge in [0.2, 0.25) is 11.6 Å². The first-order valence-electron chi connectivity index (χ1n) is 8.55. The van der Waals surface area contributed by atoms with Gasteiger partial charge in [0.15, 0.2) is 0 Å². The molecule has 0 aromatic rings. The number of carbonyl (C=O) groups is 2. The molecule has 0 bridgehead atoms. The van der Waals surface area contributed by atoms with Crippen LogP contribution in [0.2, 0.25) is 0 Å². The molecule has 0 saturated heterocycles. The van der Waals surface area contributed by atoms with Gasteiger partial charge in [-0.2, -0.15) is 0 Å². The number of rotatable bonds is 1. The van der Waals surface area contributed by atoms with Crippen molar-refractivity contribution in [2.75, 3.05) is 0 Å². The van der Waals surface area contributed by atoms with Crippen LogP contribution in [-0.2, 0) is 9.59 Å². The third-order valence-electron chi connectivity index (χ3n) is 6.11. The Hall–Kier alpha value is -1.64. The minimum Gasteiger partial charge on any atom is -0.507 e. The molecule has 0 aromatic heterocycles. The van der Waals surface area contributed by atoms with E-state index in [1.54, 1.807) is 0 Å². The highest BCUT2D eigenvalue weighted by Gasteiger charge is 2.54. The van der Waals surface area contributed by atoms with Crippen LogP contribution in [0.4, 0.5) is 0 Å². The average molecular weight is 314 g/mol. The van der Waals surface area contributed by atoms with Gasteiger partial charge >= 0.3 is 0 Å². The molecule has 0 amide bonds. The highest BCUT2D eigenvalue weighted by Crippen LogP contribution is 2.59. The summed E-state index contributed by atoms with van der Waals surface area (Å²) in [7, 11) is 0. The van der Waals surface area contributed by atoms with Crippen molar-refractivity contribution in [3.05, 3.63) is 34.6 Å². The molecule has 3 heteroatoms. The highest BCUT2D eigenvalue weighted by molar-refractivity contribution is 6.50. The van der Waals surface area contributed by atoms with Gasteiger partial charge in [-0.05, 0) is 36.5 Å². The summed E-state index contributed by atoms with van der Waals surface area (Å²) in [5.74, 6) is -0.658. The predicted octanol–water partition coefficient (Wildman–Crippen LogP) is 4.31. The van der Waals surface area contributed by atoms with Crippen LogP contribution in [0.15, 0.2) is 34.6 Å². The molecule has 3 rings (SSSR count). The molecule has 0 radical (unpaired) electrons. The predicted molar refractivity (Wildman–Crippen MR) is 89.9 cm³/mol. The van der Waals surface area contributed by atoms with Gasteiger partial charge in [-0.15, -0.1) is 0 Å². The molecular formula is C20H26O3. The number of ketones is 2. The molecule has 23 heavy (non-hydrogen) atoms. The van der Waals surface area contributed by atoms with E-state index in [2.05, 4.69) is 32.9 Å². The fourth-order valence-corrected chi connectivity index (χ4v) is 5.09. The van der Waals surface area contributed by atoms with Gasteiger partial charge in [0, 0.05) is 22.1 Å². The number of Topliss-reactive ketones (excluding diaryl/α,β-unsaturated/α-hetero) is 2. The largest absolute Gasteiger partial charge is 0.507 e. The Kier molecular flexibility index (Phi) is 3.48. The second-order valence-electron chi connectivity index (χ2n) is 8.37. The van der Waals surface area contributed by atoms with Gasteiger partial charge in [0.05, 0.1) is 0 Å². The Labute approximate surface area is 138 Å². The Bertz CT molecular complexity index is 688. The lowest BCUT2D eigenvalue weighted by Gasteiger charge is -2.52. The molecule has 0 fully saturated rings. The van der Waals surface area contributed by atoms with E-state index in [1.807, 2.05) is 13.8 Å². The zero-order chi connectivity index (χ0) is 17.2. The van der Waals surface area contributed by atoms with Crippen LogP contribution in [0.5, 0.6) is 0 Å². The van der Waals surface area contributed by atoms with Gasteiger partial charge in [-0.3, -0.25) is 9.59 Å². The monoisotopic (exact) mass is 314 g/mol. The van der Waals surface area contributed by atoms with Gasteiger partial charge in [-0.25, -0.2) is 0 Å².